The number of hydrogen-bond donors (Lipinski definition) is 2. The van der Waals surface area contributed by atoms with Gasteiger partial charge in [0, 0.05) is 11.1 Å². The van der Waals surface area contributed by atoms with Gasteiger partial charge in [-0.2, -0.15) is 0 Å². The Hall–Kier alpha value is -3.46. The second kappa shape index (κ2) is 12.3. The lowest BCUT2D eigenvalue weighted by Crippen LogP contribution is -2.08. The zero-order chi connectivity index (χ0) is 17.5. The second-order valence-electron chi connectivity index (χ2n) is 3.96. The molecule has 0 bridgehead atoms. The van der Waals surface area contributed by atoms with Crippen molar-refractivity contribution in [3.05, 3.63) is 71.8 Å². The summed E-state index contributed by atoms with van der Waals surface area (Å²) in [7, 11) is 0. The molecule has 0 aliphatic rings. The van der Waals surface area contributed by atoms with Crippen LogP contribution in [0.15, 0.2) is 60.7 Å². The molecule has 6 heteroatoms. The van der Waals surface area contributed by atoms with E-state index in [0.717, 1.165) is 12.2 Å². The maximum Gasteiger partial charge on any atom is 0.231 e. The van der Waals surface area contributed by atoms with Crippen LogP contribution in [0.1, 0.15) is 27.1 Å². The number of nitrogens with one attached hydrogen (secondary N) is 2. The topological polar surface area (TPSA) is 116 Å². The molecule has 0 aliphatic carbocycles. The molecule has 0 saturated carbocycles. The van der Waals surface area contributed by atoms with Crippen LogP contribution in [0.5, 0.6) is 0 Å². The van der Waals surface area contributed by atoms with E-state index in [-0.39, 0.29) is 18.0 Å². The normalized spacial score (nSPS) is 8.00. The molecular weight excluding hydrogens is 296 g/mol. The van der Waals surface area contributed by atoms with Gasteiger partial charge < -0.3 is 0 Å². The van der Waals surface area contributed by atoms with E-state index >= 15 is 0 Å². The van der Waals surface area contributed by atoms with Crippen molar-refractivity contribution < 1.29 is 19.2 Å². The lowest BCUT2D eigenvalue weighted by Gasteiger charge is -2.00. The molecule has 0 aromatic heterocycles. The Balaban J connectivity index is 0.000000704. The van der Waals surface area contributed by atoms with Gasteiger partial charge in [0.15, 0.2) is 11.6 Å². The van der Waals surface area contributed by atoms with E-state index in [0.29, 0.717) is 11.1 Å². The van der Waals surface area contributed by atoms with Gasteiger partial charge in [0.05, 0.1) is 6.42 Å². The number of carbonyl (C=O) groups is 2. The highest BCUT2D eigenvalue weighted by Gasteiger charge is 2.12. The molecule has 116 valence electrons. The fraction of sp³-hybridized carbons (Fsp3) is 0.0588. The molecule has 2 aromatic carbocycles. The molecule has 0 saturated heterocycles. The van der Waals surface area contributed by atoms with Crippen molar-refractivity contribution in [2.45, 2.75) is 6.42 Å². The van der Waals surface area contributed by atoms with Crippen LogP contribution in [0.2, 0.25) is 0 Å². The minimum Gasteiger partial charge on any atom is -0.294 e. The van der Waals surface area contributed by atoms with Gasteiger partial charge in [-0.15, -0.1) is 0 Å². The van der Waals surface area contributed by atoms with Crippen molar-refractivity contribution in [3.8, 4) is 0 Å². The minimum absolute atomic E-state index is 0.0754. The van der Waals surface area contributed by atoms with Crippen LogP contribution in [0.4, 0.5) is 0 Å². The number of Topliss-reactive ketones (excluding diaryl/α,β-unsaturated/α-hetero) is 2. The van der Waals surface area contributed by atoms with E-state index < -0.39 is 0 Å². The van der Waals surface area contributed by atoms with Crippen molar-refractivity contribution in [1.29, 1.82) is 10.8 Å². The standard InChI is InChI=1S/C15H12O2.2CHNO/c16-14(12-7-3-1-4-8-12)11-15(17)13-9-5-2-6-10-13;2*2-1-3/h1-10H,11H2;2*2H. The number of ketones is 2. The molecule has 0 radical (unpaired) electrons. The zero-order valence-corrected chi connectivity index (χ0v) is 12.1. The Morgan fingerprint density at radius 3 is 1.22 bits per heavy atom. The second-order valence-corrected chi connectivity index (χ2v) is 3.96. The van der Waals surface area contributed by atoms with E-state index in [9.17, 15) is 9.59 Å². The SMILES string of the molecule is N=C=O.N=C=O.O=C(CC(=O)c1ccccc1)c1ccccc1. The zero-order valence-electron chi connectivity index (χ0n) is 12.1. The van der Waals surface area contributed by atoms with Gasteiger partial charge in [-0.25, -0.2) is 20.4 Å². The van der Waals surface area contributed by atoms with Crippen molar-refractivity contribution in [3.63, 3.8) is 0 Å². The molecule has 0 atom stereocenters. The number of hydrogen-bond acceptors (Lipinski definition) is 6. The number of rotatable bonds is 4. The lowest BCUT2D eigenvalue weighted by molar-refractivity contribution is 0.0894. The summed E-state index contributed by atoms with van der Waals surface area (Å²) >= 11 is 0. The van der Waals surface area contributed by atoms with Crippen molar-refractivity contribution in [2.24, 2.45) is 0 Å². The van der Waals surface area contributed by atoms with E-state index in [4.69, 9.17) is 20.4 Å². The van der Waals surface area contributed by atoms with Crippen LogP contribution < -0.4 is 0 Å². The molecule has 2 N–H and O–H groups in total. The van der Waals surface area contributed by atoms with Crippen LogP contribution in [0.25, 0.3) is 0 Å². The summed E-state index contributed by atoms with van der Waals surface area (Å²) in [6, 6.07) is 17.7. The molecule has 0 fully saturated rings. The summed E-state index contributed by atoms with van der Waals surface area (Å²) in [5.74, 6) is -0.279. The van der Waals surface area contributed by atoms with Crippen molar-refractivity contribution in [2.75, 3.05) is 0 Å². The van der Waals surface area contributed by atoms with Gasteiger partial charge >= 0.3 is 0 Å². The first kappa shape index (κ1) is 19.5. The van der Waals surface area contributed by atoms with Gasteiger partial charge in [0.25, 0.3) is 0 Å². The molecule has 6 nitrogen and oxygen atoms in total. The summed E-state index contributed by atoms with van der Waals surface area (Å²) in [5.41, 5.74) is 1.16. The van der Waals surface area contributed by atoms with Gasteiger partial charge in [0.2, 0.25) is 12.2 Å². The smallest absolute Gasteiger partial charge is 0.231 e. The lowest BCUT2D eigenvalue weighted by atomic mass is 10.0. The van der Waals surface area contributed by atoms with Crippen LogP contribution in [0, 0.1) is 10.8 Å². The Morgan fingerprint density at radius 2 is 0.957 bits per heavy atom. The first-order chi connectivity index (χ1) is 11.1. The highest BCUT2D eigenvalue weighted by Crippen LogP contribution is 2.08. The third-order valence-corrected chi connectivity index (χ3v) is 2.51. The Morgan fingerprint density at radius 1 is 0.696 bits per heavy atom. The largest absolute Gasteiger partial charge is 0.294 e. The summed E-state index contributed by atoms with van der Waals surface area (Å²) in [6.07, 6.45) is 1.42. The first-order valence-electron chi connectivity index (χ1n) is 6.34. The van der Waals surface area contributed by atoms with Gasteiger partial charge in [-0.1, -0.05) is 60.7 Å². The fourth-order valence-electron chi connectivity index (χ4n) is 1.60. The average Bonchev–Trinajstić information content (AvgIpc) is 2.58. The first-order valence-corrected chi connectivity index (χ1v) is 6.34. The number of carbonyl (C=O) groups excluding carboxylic acids is 4. The number of benzene rings is 2. The molecule has 2 rings (SSSR count). The molecule has 0 aliphatic heterocycles. The highest BCUT2D eigenvalue weighted by molar-refractivity contribution is 6.13. The monoisotopic (exact) mass is 310 g/mol. The average molecular weight is 310 g/mol. The molecule has 2 aromatic rings. The van der Waals surface area contributed by atoms with Crippen molar-refractivity contribution >= 4 is 23.7 Å². The third-order valence-electron chi connectivity index (χ3n) is 2.51. The summed E-state index contributed by atoms with van der Waals surface area (Å²) in [6.45, 7) is 0. The van der Waals surface area contributed by atoms with Crippen LogP contribution >= 0.6 is 0 Å². The minimum atomic E-state index is -0.139. The number of isocyanates is 2. The predicted octanol–water partition coefficient (Wildman–Crippen LogP) is 2.94. The molecule has 23 heavy (non-hydrogen) atoms. The Bertz CT molecular complexity index is 624. The molecule has 0 unspecified atom stereocenters. The van der Waals surface area contributed by atoms with Crippen molar-refractivity contribution in [1.82, 2.24) is 0 Å². The Labute approximate surface area is 132 Å². The van der Waals surface area contributed by atoms with Crippen LogP contribution in [-0.2, 0) is 9.59 Å². The van der Waals surface area contributed by atoms with E-state index in [2.05, 4.69) is 0 Å². The summed E-state index contributed by atoms with van der Waals surface area (Å²) < 4.78 is 0. The maximum atomic E-state index is 11.8. The quantitative estimate of drug-likeness (QED) is 0.391. The van der Waals surface area contributed by atoms with Crippen LogP contribution in [0.3, 0.4) is 0 Å². The Kier molecular flexibility index (Phi) is 10.4. The van der Waals surface area contributed by atoms with E-state index in [1.54, 1.807) is 48.5 Å². The summed E-state index contributed by atoms with van der Waals surface area (Å²) in [5, 5.41) is 10.8. The molecule has 0 amide bonds. The molecular formula is C17H14N2O4. The summed E-state index contributed by atoms with van der Waals surface area (Å²) in [4.78, 5) is 40.3. The van der Waals surface area contributed by atoms with Gasteiger partial charge in [0.1, 0.15) is 0 Å². The van der Waals surface area contributed by atoms with Crippen LogP contribution in [-0.4, -0.2) is 23.7 Å². The van der Waals surface area contributed by atoms with E-state index in [1.807, 2.05) is 12.1 Å². The third kappa shape index (κ3) is 8.42. The molecule has 0 spiro atoms. The van der Waals surface area contributed by atoms with Gasteiger partial charge in [-0.05, 0) is 0 Å². The molecule has 0 heterocycles. The maximum absolute atomic E-state index is 11.8. The highest BCUT2D eigenvalue weighted by atomic mass is 16.1. The van der Waals surface area contributed by atoms with Gasteiger partial charge in [-0.3, -0.25) is 9.59 Å². The predicted molar refractivity (Wildman–Crippen MR) is 83.0 cm³/mol. The van der Waals surface area contributed by atoms with E-state index in [1.165, 1.54) is 0 Å². The fourth-order valence-corrected chi connectivity index (χ4v) is 1.60.